The van der Waals surface area contributed by atoms with Gasteiger partial charge in [0.2, 0.25) is 5.82 Å². The third kappa shape index (κ3) is 3.45. The second-order valence-electron chi connectivity index (χ2n) is 6.76. The molecular weight excluding hydrogens is 344 g/mol. The number of carbonyl (C=O) groups is 1. The Morgan fingerprint density at radius 2 is 1.96 bits per heavy atom. The lowest BCUT2D eigenvalue weighted by Gasteiger charge is -2.17. The van der Waals surface area contributed by atoms with Crippen LogP contribution in [0.25, 0.3) is 5.65 Å². The molecule has 3 aromatic rings. The van der Waals surface area contributed by atoms with Crippen molar-refractivity contribution in [3.05, 3.63) is 42.0 Å². The molecule has 1 fully saturated rings. The molecule has 1 amide bonds. The molecule has 9 nitrogen and oxygen atoms in total. The second-order valence-corrected chi connectivity index (χ2v) is 6.76. The first-order valence-corrected chi connectivity index (χ1v) is 8.92. The average molecular weight is 366 g/mol. The molecule has 3 aromatic heterocycles. The highest BCUT2D eigenvalue weighted by Gasteiger charge is 2.22. The number of anilines is 2. The van der Waals surface area contributed by atoms with Gasteiger partial charge in [-0.2, -0.15) is 0 Å². The number of fused-ring (bicyclic) bond motifs is 1. The van der Waals surface area contributed by atoms with Gasteiger partial charge in [0.25, 0.3) is 5.91 Å². The molecule has 0 aromatic carbocycles. The standard InChI is InChI=1S/C18H22N8O/c1-11-8-26-10-15(23-12(2)17(26)22-11)24-18(27)16-20-6-14(7-21-16)25-5-4-13(9-25)19-3/h6-8,10,13,19H,4-5,9H2,1-3H3,(H,24,27). The normalized spacial score (nSPS) is 16.9. The Bertz CT molecular complexity index is 981. The van der Waals surface area contributed by atoms with Crippen molar-refractivity contribution in [1.29, 1.82) is 0 Å². The number of rotatable bonds is 4. The second kappa shape index (κ2) is 6.92. The first kappa shape index (κ1) is 17.3. The van der Waals surface area contributed by atoms with Crippen molar-refractivity contribution in [3.63, 3.8) is 0 Å². The summed E-state index contributed by atoms with van der Waals surface area (Å²) in [5.41, 5.74) is 3.33. The van der Waals surface area contributed by atoms with Gasteiger partial charge in [0.15, 0.2) is 5.65 Å². The van der Waals surface area contributed by atoms with Crippen molar-refractivity contribution in [2.75, 3.05) is 30.4 Å². The van der Waals surface area contributed by atoms with Gasteiger partial charge in [-0.15, -0.1) is 0 Å². The molecule has 140 valence electrons. The maximum Gasteiger partial charge on any atom is 0.294 e. The minimum Gasteiger partial charge on any atom is -0.367 e. The fraction of sp³-hybridized carbons (Fsp3) is 0.389. The van der Waals surface area contributed by atoms with E-state index < -0.39 is 0 Å². The molecule has 0 aliphatic carbocycles. The van der Waals surface area contributed by atoms with Crippen LogP contribution >= 0.6 is 0 Å². The zero-order valence-corrected chi connectivity index (χ0v) is 15.6. The Kier molecular flexibility index (Phi) is 4.44. The molecule has 9 heteroatoms. The van der Waals surface area contributed by atoms with E-state index in [0.717, 1.165) is 42.2 Å². The molecule has 1 saturated heterocycles. The Morgan fingerprint density at radius 1 is 1.19 bits per heavy atom. The fourth-order valence-corrected chi connectivity index (χ4v) is 3.34. The van der Waals surface area contributed by atoms with Gasteiger partial charge >= 0.3 is 0 Å². The van der Waals surface area contributed by atoms with Crippen LogP contribution in [0.1, 0.15) is 28.4 Å². The summed E-state index contributed by atoms with van der Waals surface area (Å²) in [7, 11) is 1.97. The van der Waals surface area contributed by atoms with Crippen molar-refractivity contribution in [2.45, 2.75) is 26.3 Å². The number of imidazole rings is 1. The van der Waals surface area contributed by atoms with Crippen LogP contribution < -0.4 is 15.5 Å². The largest absolute Gasteiger partial charge is 0.367 e. The lowest BCUT2D eigenvalue weighted by Crippen LogP contribution is -2.29. The summed E-state index contributed by atoms with van der Waals surface area (Å²) in [6, 6.07) is 0.476. The summed E-state index contributed by atoms with van der Waals surface area (Å²) in [5, 5.41) is 6.04. The summed E-state index contributed by atoms with van der Waals surface area (Å²) in [5.74, 6) is 0.162. The molecule has 0 bridgehead atoms. The van der Waals surface area contributed by atoms with Crippen molar-refractivity contribution in [1.82, 2.24) is 29.7 Å². The van der Waals surface area contributed by atoms with Gasteiger partial charge in [0.1, 0.15) is 5.82 Å². The van der Waals surface area contributed by atoms with Gasteiger partial charge in [-0.3, -0.25) is 4.79 Å². The number of aryl methyl sites for hydroxylation is 2. The average Bonchev–Trinajstić information content (AvgIpc) is 3.28. The van der Waals surface area contributed by atoms with E-state index in [0.29, 0.717) is 11.9 Å². The minimum atomic E-state index is -0.390. The quantitative estimate of drug-likeness (QED) is 0.715. The van der Waals surface area contributed by atoms with Crippen LogP contribution in [0.3, 0.4) is 0 Å². The van der Waals surface area contributed by atoms with Gasteiger partial charge in [-0.25, -0.2) is 19.9 Å². The first-order chi connectivity index (χ1) is 13.0. The van der Waals surface area contributed by atoms with Gasteiger partial charge in [-0.1, -0.05) is 0 Å². The van der Waals surface area contributed by atoms with Gasteiger partial charge < -0.3 is 19.9 Å². The zero-order valence-electron chi connectivity index (χ0n) is 15.6. The van der Waals surface area contributed by atoms with Crippen LogP contribution in [0.5, 0.6) is 0 Å². The van der Waals surface area contributed by atoms with Crippen molar-refractivity contribution in [2.24, 2.45) is 0 Å². The van der Waals surface area contributed by atoms with Crippen LogP contribution in [-0.2, 0) is 0 Å². The van der Waals surface area contributed by atoms with Crippen LogP contribution in [0, 0.1) is 13.8 Å². The highest BCUT2D eigenvalue weighted by atomic mass is 16.2. The molecular formula is C18H22N8O. The zero-order chi connectivity index (χ0) is 19.0. The van der Waals surface area contributed by atoms with E-state index in [1.807, 2.05) is 31.5 Å². The summed E-state index contributed by atoms with van der Waals surface area (Å²) in [6.45, 7) is 5.64. The summed E-state index contributed by atoms with van der Waals surface area (Å²) < 4.78 is 1.85. The minimum absolute atomic E-state index is 0.115. The molecule has 1 unspecified atom stereocenters. The number of nitrogens with one attached hydrogen (secondary N) is 2. The molecule has 0 saturated carbocycles. The lowest BCUT2D eigenvalue weighted by atomic mass is 10.3. The third-order valence-electron chi connectivity index (χ3n) is 4.77. The van der Waals surface area contributed by atoms with Gasteiger partial charge in [0, 0.05) is 25.3 Å². The maximum atomic E-state index is 12.5. The Balaban J connectivity index is 1.48. The molecule has 27 heavy (non-hydrogen) atoms. The van der Waals surface area contributed by atoms with E-state index in [9.17, 15) is 4.79 Å². The van der Waals surface area contributed by atoms with Gasteiger partial charge in [-0.05, 0) is 27.3 Å². The fourth-order valence-electron chi connectivity index (χ4n) is 3.34. The Hall–Kier alpha value is -3.07. The summed E-state index contributed by atoms with van der Waals surface area (Å²) >= 11 is 0. The monoisotopic (exact) mass is 366 g/mol. The summed E-state index contributed by atoms with van der Waals surface area (Å²) in [6.07, 6.45) is 8.10. The number of carbonyl (C=O) groups excluding carboxylic acids is 1. The number of hydrogen-bond donors (Lipinski definition) is 2. The van der Waals surface area contributed by atoms with Gasteiger partial charge in [0.05, 0.1) is 35.7 Å². The smallest absolute Gasteiger partial charge is 0.294 e. The molecule has 0 radical (unpaired) electrons. The van der Waals surface area contributed by atoms with Crippen molar-refractivity contribution in [3.8, 4) is 0 Å². The lowest BCUT2D eigenvalue weighted by molar-refractivity contribution is 0.101. The number of nitrogens with zero attached hydrogens (tertiary/aromatic N) is 6. The first-order valence-electron chi connectivity index (χ1n) is 8.92. The number of likely N-dealkylation sites (N-methyl/N-ethyl adjacent to an activating group) is 1. The van der Waals surface area contributed by atoms with Crippen molar-refractivity contribution >= 4 is 23.1 Å². The number of amides is 1. The van der Waals surface area contributed by atoms with Crippen LogP contribution in [0.2, 0.25) is 0 Å². The maximum absolute atomic E-state index is 12.5. The number of aromatic nitrogens is 5. The highest BCUT2D eigenvalue weighted by molar-refractivity contribution is 6.00. The third-order valence-corrected chi connectivity index (χ3v) is 4.77. The van der Waals surface area contributed by atoms with E-state index in [-0.39, 0.29) is 11.7 Å². The summed E-state index contributed by atoms with van der Waals surface area (Å²) in [4.78, 5) is 31.9. The molecule has 0 spiro atoms. The molecule has 1 aliphatic heterocycles. The van der Waals surface area contributed by atoms with E-state index in [1.165, 1.54) is 0 Å². The molecule has 1 atom stereocenters. The van der Waals surface area contributed by atoms with E-state index in [1.54, 1.807) is 18.6 Å². The Labute approximate surface area is 156 Å². The van der Waals surface area contributed by atoms with E-state index in [2.05, 4.69) is 35.5 Å². The predicted molar refractivity (Wildman–Crippen MR) is 102 cm³/mol. The topological polar surface area (TPSA) is 100 Å². The molecule has 2 N–H and O–H groups in total. The molecule has 4 heterocycles. The van der Waals surface area contributed by atoms with Crippen LogP contribution in [-0.4, -0.2) is 56.4 Å². The van der Waals surface area contributed by atoms with Crippen LogP contribution in [0.4, 0.5) is 11.5 Å². The SMILES string of the molecule is CNC1CCN(c2cnc(C(=O)Nc3cn4cc(C)nc4c(C)n3)nc2)C1. The predicted octanol–water partition coefficient (Wildman–Crippen LogP) is 1.19. The molecule has 1 aliphatic rings. The van der Waals surface area contributed by atoms with Crippen molar-refractivity contribution < 1.29 is 4.79 Å². The van der Waals surface area contributed by atoms with E-state index in [4.69, 9.17) is 0 Å². The molecule has 4 rings (SSSR count). The van der Waals surface area contributed by atoms with Crippen LogP contribution in [0.15, 0.2) is 24.8 Å². The van der Waals surface area contributed by atoms with E-state index >= 15 is 0 Å². The highest BCUT2D eigenvalue weighted by Crippen LogP contribution is 2.19. The Morgan fingerprint density at radius 3 is 2.67 bits per heavy atom. The number of hydrogen-bond acceptors (Lipinski definition) is 7.